The number of sulfonamides is 1. The van der Waals surface area contributed by atoms with Crippen LogP contribution in [0, 0.1) is 6.92 Å². The zero-order valence-electron chi connectivity index (χ0n) is 16.4. The standard InChI is InChI=1S/C23H24N2O3S/c1-18-9-12-21(13-10-18)29(26,27)25-15-5-8-22(25)20-11-14-23(24-16-20)28-17-19-6-3-2-4-7-19/h2-4,6-7,9-14,16,22H,5,8,15,17H2,1H3. The lowest BCUT2D eigenvalue weighted by atomic mass is 10.1. The third-order valence-corrected chi connectivity index (χ3v) is 7.13. The molecular formula is C23H24N2O3S. The predicted molar refractivity (Wildman–Crippen MR) is 112 cm³/mol. The molecule has 2 heterocycles. The van der Waals surface area contributed by atoms with Gasteiger partial charge >= 0.3 is 0 Å². The SMILES string of the molecule is Cc1ccc(S(=O)(=O)N2CCCC2c2ccc(OCc3ccccc3)nc2)cc1. The van der Waals surface area contributed by atoms with Gasteiger partial charge in [-0.05, 0) is 43.0 Å². The maximum atomic E-state index is 13.1. The average molecular weight is 409 g/mol. The quantitative estimate of drug-likeness (QED) is 0.603. The molecule has 1 aromatic heterocycles. The molecule has 1 saturated heterocycles. The van der Waals surface area contributed by atoms with Crippen LogP contribution < -0.4 is 4.74 Å². The van der Waals surface area contributed by atoms with E-state index in [1.807, 2.05) is 61.5 Å². The Bertz CT molecular complexity index is 1050. The number of benzene rings is 2. The fourth-order valence-electron chi connectivity index (χ4n) is 3.61. The van der Waals surface area contributed by atoms with Crippen molar-refractivity contribution in [2.24, 2.45) is 0 Å². The molecule has 1 fully saturated rings. The molecule has 2 aromatic carbocycles. The van der Waals surface area contributed by atoms with Crippen molar-refractivity contribution in [2.45, 2.75) is 37.3 Å². The van der Waals surface area contributed by atoms with Crippen LogP contribution in [-0.4, -0.2) is 24.3 Å². The van der Waals surface area contributed by atoms with Crippen LogP contribution in [0.3, 0.4) is 0 Å². The first-order chi connectivity index (χ1) is 14.0. The summed E-state index contributed by atoms with van der Waals surface area (Å²) in [6.45, 7) is 2.92. The van der Waals surface area contributed by atoms with Gasteiger partial charge in [-0.3, -0.25) is 0 Å². The molecule has 1 aliphatic heterocycles. The van der Waals surface area contributed by atoms with Gasteiger partial charge in [-0.15, -0.1) is 0 Å². The predicted octanol–water partition coefficient (Wildman–Crippen LogP) is 4.49. The van der Waals surface area contributed by atoms with Gasteiger partial charge in [0, 0.05) is 18.8 Å². The number of aryl methyl sites for hydroxylation is 1. The molecule has 5 nitrogen and oxygen atoms in total. The zero-order valence-corrected chi connectivity index (χ0v) is 17.2. The average Bonchev–Trinajstić information content (AvgIpc) is 3.25. The molecule has 3 aromatic rings. The highest BCUT2D eigenvalue weighted by Crippen LogP contribution is 2.36. The number of aromatic nitrogens is 1. The number of pyridine rings is 1. The Morgan fingerprint density at radius 3 is 2.48 bits per heavy atom. The summed E-state index contributed by atoms with van der Waals surface area (Å²) in [6, 6.07) is 20.5. The molecule has 0 amide bonds. The van der Waals surface area contributed by atoms with E-state index in [0.717, 1.165) is 29.5 Å². The second kappa shape index (κ2) is 8.35. The summed E-state index contributed by atoms with van der Waals surface area (Å²) in [7, 11) is -3.53. The van der Waals surface area contributed by atoms with Gasteiger partial charge in [0.05, 0.1) is 10.9 Å². The Hall–Kier alpha value is -2.70. The van der Waals surface area contributed by atoms with Crippen LogP contribution in [0.1, 0.15) is 35.6 Å². The molecule has 0 spiro atoms. The summed E-state index contributed by atoms with van der Waals surface area (Å²) in [5.74, 6) is 0.531. The van der Waals surface area contributed by atoms with Crippen molar-refractivity contribution in [2.75, 3.05) is 6.54 Å². The third-order valence-electron chi connectivity index (χ3n) is 5.20. The molecule has 0 aliphatic carbocycles. The van der Waals surface area contributed by atoms with Crippen molar-refractivity contribution < 1.29 is 13.2 Å². The van der Waals surface area contributed by atoms with Crippen LogP contribution in [0.15, 0.2) is 77.8 Å². The lowest BCUT2D eigenvalue weighted by Gasteiger charge is -2.24. The smallest absolute Gasteiger partial charge is 0.243 e. The van der Waals surface area contributed by atoms with E-state index in [4.69, 9.17) is 4.74 Å². The Balaban J connectivity index is 1.49. The van der Waals surface area contributed by atoms with Crippen LogP contribution in [0.5, 0.6) is 5.88 Å². The molecule has 6 heteroatoms. The summed E-state index contributed by atoms with van der Waals surface area (Å²) in [5, 5.41) is 0. The van der Waals surface area contributed by atoms with E-state index in [2.05, 4.69) is 4.98 Å². The molecule has 0 N–H and O–H groups in total. The molecule has 1 atom stereocenters. The number of hydrogen-bond donors (Lipinski definition) is 0. The van der Waals surface area contributed by atoms with Gasteiger partial charge in [-0.2, -0.15) is 4.31 Å². The Kier molecular flexibility index (Phi) is 5.65. The van der Waals surface area contributed by atoms with Crippen molar-refractivity contribution >= 4 is 10.0 Å². The van der Waals surface area contributed by atoms with Crippen molar-refractivity contribution in [1.82, 2.24) is 9.29 Å². The Morgan fingerprint density at radius 2 is 1.79 bits per heavy atom. The van der Waals surface area contributed by atoms with Crippen molar-refractivity contribution in [1.29, 1.82) is 0 Å². The lowest BCUT2D eigenvalue weighted by Crippen LogP contribution is -2.30. The van der Waals surface area contributed by atoms with Crippen LogP contribution >= 0.6 is 0 Å². The van der Waals surface area contributed by atoms with Gasteiger partial charge in [0.2, 0.25) is 15.9 Å². The minimum Gasteiger partial charge on any atom is -0.473 e. The molecule has 150 valence electrons. The molecule has 0 bridgehead atoms. The molecular weight excluding hydrogens is 384 g/mol. The first-order valence-corrected chi connectivity index (χ1v) is 11.2. The summed E-state index contributed by atoms with van der Waals surface area (Å²) < 4.78 is 33.6. The Labute approximate surface area is 172 Å². The van der Waals surface area contributed by atoms with Gasteiger partial charge in [-0.1, -0.05) is 54.1 Å². The van der Waals surface area contributed by atoms with Crippen LogP contribution in [0.2, 0.25) is 0 Å². The van der Waals surface area contributed by atoms with Gasteiger partial charge in [0.15, 0.2) is 0 Å². The lowest BCUT2D eigenvalue weighted by molar-refractivity contribution is 0.293. The molecule has 29 heavy (non-hydrogen) atoms. The minimum atomic E-state index is -3.53. The van der Waals surface area contributed by atoms with Crippen molar-refractivity contribution in [3.05, 3.63) is 89.6 Å². The summed E-state index contributed by atoms with van der Waals surface area (Å²) in [4.78, 5) is 4.73. The largest absolute Gasteiger partial charge is 0.473 e. The molecule has 1 unspecified atom stereocenters. The maximum Gasteiger partial charge on any atom is 0.243 e. The van der Waals surface area contributed by atoms with Crippen molar-refractivity contribution in [3.8, 4) is 5.88 Å². The first-order valence-electron chi connectivity index (χ1n) is 9.75. The molecule has 0 radical (unpaired) electrons. The zero-order chi connectivity index (χ0) is 20.3. The Morgan fingerprint density at radius 1 is 1.03 bits per heavy atom. The fraction of sp³-hybridized carbons (Fsp3) is 0.261. The third kappa shape index (κ3) is 4.33. The highest BCUT2D eigenvalue weighted by atomic mass is 32.2. The van der Waals surface area contributed by atoms with Crippen LogP contribution in [0.25, 0.3) is 0 Å². The number of rotatable bonds is 6. The second-order valence-electron chi connectivity index (χ2n) is 7.29. The molecule has 4 rings (SSSR count). The monoisotopic (exact) mass is 408 g/mol. The number of ether oxygens (including phenoxy) is 1. The molecule has 0 saturated carbocycles. The van der Waals surface area contributed by atoms with Crippen LogP contribution in [-0.2, 0) is 16.6 Å². The van der Waals surface area contributed by atoms with Crippen LogP contribution in [0.4, 0.5) is 0 Å². The normalized spacial score (nSPS) is 17.3. The van der Waals surface area contributed by atoms with E-state index in [9.17, 15) is 8.42 Å². The highest BCUT2D eigenvalue weighted by Gasteiger charge is 2.36. The van der Waals surface area contributed by atoms with E-state index < -0.39 is 10.0 Å². The van der Waals surface area contributed by atoms with E-state index >= 15 is 0 Å². The summed E-state index contributed by atoms with van der Waals surface area (Å²) in [5.41, 5.74) is 3.01. The molecule has 1 aliphatic rings. The summed E-state index contributed by atoms with van der Waals surface area (Å²) in [6.07, 6.45) is 3.35. The van der Waals surface area contributed by atoms with Gasteiger partial charge < -0.3 is 4.74 Å². The van der Waals surface area contributed by atoms with Crippen molar-refractivity contribution in [3.63, 3.8) is 0 Å². The van der Waals surface area contributed by atoms with Gasteiger partial charge in [-0.25, -0.2) is 13.4 Å². The highest BCUT2D eigenvalue weighted by molar-refractivity contribution is 7.89. The maximum absolute atomic E-state index is 13.1. The second-order valence-corrected chi connectivity index (χ2v) is 9.18. The van der Waals surface area contributed by atoms with E-state index in [1.165, 1.54) is 0 Å². The van der Waals surface area contributed by atoms with E-state index in [0.29, 0.717) is 23.9 Å². The van der Waals surface area contributed by atoms with E-state index in [1.54, 1.807) is 22.6 Å². The first kappa shape index (κ1) is 19.6. The fourth-order valence-corrected chi connectivity index (χ4v) is 5.29. The summed E-state index contributed by atoms with van der Waals surface area (Å²) >= 11 is 0. The minimum absolute atomic E-state index is 0.197. The van der Waals surface area contributed by atoms with Gasteiger partial charge in [0.1, 0.15) is 6.61 Å². The number of hydrogen-bond acceptors (Lipinski definition) is 4. The number of nitrogens with zero attached hydrogens (tertiary/aromatic N) is 2. The van der Waals surface area contributed by atoms with E-state index in [-0.39, 0.29) is 6.04 Å². The topological polar surface area (TPSA) is 59.5 Å². The van der Waals surface area contributed by atoms with Gasteiger partial charge in [0.25, 0.3) is 0 Å².